The number of aliphatic hydroxyl groups is 1. The standard InChI is InChI=1S/C19H20O3/c1-13(2)19(21)22-12-18-10-16(8-9-17(18)11-20)15-6-4-14(3)5-7-15/h4-10,20H,1,11-12H2,2-3H3. The Labute approximate surface area is 130 Å². The van der Waals surface area contributed by atoms with Crippen LogP contribution >= 0.6 is 0 Å². The molecule has 0 aromatic heterocycles. The van der Waals surface area contributed by atoms with Gasteiger partial charge in [0.15, 0.2) is 0 Å². The van der Waals surface area contributed by atoms with Crippen molar-refractivity contribution < 1.29 is 14.6 Å². The molecule has 1 N–H and O–H groups in total. The quantitative estimate of drug-likeness (QED) is 0.675. The molecule has 3 nitrogen and oxygen atoms in total. The number of aliphatic hydroxyl groups excluding tert-OH is 1. The lowest BCUT2D eigenvalue weighted by molar-refractivity contribution is -0.140. The van der Waals surface area contributed by atoms with Crippen LogP contribution in [0.1, 0.15) is 23.6 Å². The first-order chi connectivity index (χ1) is 10.5. The second-order valence-corrected chi connectivity index (χ2v) is 5.36. The van der Waals surface area contributed by atoms with Crippen molar-refractivity contribution in [3.8, 4) is 11.1 Å². The predicted molar refractivity (Wildman–Crippen MR) is 87.1 cm³/mol. The lowest BCUT2D eigenvalue weighted by Crippen LogP contribution is -2.06. The van der Waals surface area contributed by atoms with E-state index in [2.05, 4.69) is 18.7 Å². The minimum atomic E-state index is -0.426. The Balaban J connectivity index is 2.27. The van der Waals surface area contributed by atoms with Crippen LogP contribution in [0, 0.1) is 6.92 Å². The van der Waals surface area contributed by atoms with Crippen molar-refractivity contribution in [2.75, 3.05) is 0 Å². The van der Waals surface area contributed by atoms with Crippen molar-refractivity contribution in [3.63, 3.8) is 0 Å². The van der Waals surface area contributed by atoms with Crippen LogP contribution in [0.3, 0.4) is 0 Å². The minimum Gasteiger partial charge on any atom is -0.457 e. The molecule has 0 aliphatic carbocycles. The Morgan fingerprint density at radius 1 is 1.09 bits per heavy atom. The number of carbonyl (C=O) groups excluding carboxylic acids is 1. The normalized spacial score (nSPS) is 10.3. The first-order valence-corrected chi connectivity index (χ1v) is 7.13. The fourth-order valence-electron chi connectivity index (χ4n) is 2.11. The molecule has 0 aliphatic heterocycles. The van der Waals surface area contributed by atoms with Crippen LogP contribution in [0.15, 0.2) is 54.6 Å². The highest BCUT2D eigenvalue weighted by atomic mass is 16.5. The van der Waals surface area contributed by atoms with Crippen LogP contribution < -0.4 is 0 Å². The van der Waals surface area contributed by atoms with Gasteiger partial charge < -0.3 is 9.84 Å². The minimum absolute atomic E-state index is 0.0892. The maximum atomic E-state index is 11.5. The molecular weight excluding hydrogens is 276 g/mol. The highest BCUT2D eigenvalue weighted by molar-refractivity contribution is 5.86. The number of carbonyl (C=O) groups is 1. The molecule has 22 heavy (non-hydrogen) atoms. The molecule has 0 atom stereocenters. The highest BCUT2D eigenvalue weighted by Gasteiger charge is 2.09. The number of esters is 1. The summed E-state index contributed by atoms with van der Waals surface area (Å²) in [6.45, 7) is 7.25. The smallest absolute Gasteiger partial charge is 0.333 e. The Kier molecular flexibility index (Phi) is 5.12. The molecule has 0 heterocycles. The molecule has 0 saturated heterocycles. The summed E-state index contributed by atoms with van der Waals surface area (Å²) in [6, 6.07) is 14.0. The zero-order valence-corrected chi connectivity index (χ0v) is 12.9. The van der Waals surface area contributed by atoms with Crippen molar-refractivity contribution in [2.45, 2.75) is 27.1 Å². The van der Waals surface area contributed by atoms with Gasteiger partial charge in [-0.15, -0.1) is 0 Å². The summed E-state index contributed by atoms with van der Waals surface area (Å²) in [7, 11) is 0. The van der Waals surface area contributed by atoms with E-state index in [1.807, 2.05) is 37.3 Å². The van der Waals surface area contributed by atoms with Gasteiger partial charge in [0.2, 0.25) is 0 Å². The fraction of sp³-hybridized carbons (Fsp3) is 0.211. The molecule has 2 rings (SSSR count). The summed E-state index contributed by atoms with van der Waals surface area (Å²) in [5, 5.41) is 9.43. The van der Waals surface area contributed by atoms with E-state index in [9.17, 15) is 9.90 Å². The number of ether oxygens (including phenoxy) is 1. The largest absolute Gasteiger partial charge is 0.457 e. The molecule has 114 valence electrons. The van der Waals surface area contributed by atoms with Crippen LogP contribution in [0.25, 0.3) is 11.1 Å². The van der Waals surface area contributed by atoms with Gasteiger partial charge in [0, 0.05) is 5.57 Å². The third-order valence-electron chi connectivity index (χ3n) is 3.47. The van der Waals surface area contributed by atoms with E-state index in [1.54, 1.807) is 6.92 Å². The third-order valence-corrected chi connectivity index (χ3v) is 3.47. The summed E-state index contributed by atoms with van der Waals surface area (Å²) in [5.41, 5.74) is 5.23. The van der Waals surface area contributed by atoms with Crippen LogP contribution in [-0.2, 0) is 22.7 Å². The molecule has 2 aromatic rings. The number of rotatable bonds is 5. The van der Waals surface area contributed by atoms with Crippen molar-refractivity contribution >= 4 is 5.97 Å². The number of aryl methyl sites for hydroxylation is 1. The van der Waals surface area contributed by atoms with Crippen molar-refractivity contribution in [1.82, 2.24) is 0 Å². The van der Waals surface area contributed by atoms with Crippen LogP contribution in [0.4, 0.5) is 0 Å². The number of hydrogen-bond donors (Lipinski definition) is 1. The summed E-state index contributed by atoms with van der Waals surface area (Å²) in [6.07, 6.45) is 0. The fourth-order valence-corrected chi connectivity index (χ4v) is 2.11. The SMILES string of the molecule is C=C(C)C(=O)OCc1cc(-c2ccc(C)cc2)ccc1CO. The molecule has 0 aliphatic rings. The molecule has 0 fully saturated rings. The molecule has 3 heteroatoms. The first kappa shape index (κ1) is 16.0. The van der Waals surface area contributed by atoms with E-state index in [1.165, 1.54) is 5.56 Å². The zero-order chi connectivity index (χ0) is 16.1. The molecule has 2 aromatic carbocycles. The average molecular weight is 296 g/mol. The predicted octanol–water partition coefficient (Wildman–Crippen LogP) is 3.77. The molecule has 0 unspecified atom stereocenters. The third kappa shape index (κ3) is 3.83. The van der Waals surface area contributed by atoms with E-state index in [4.69, 9.17) is 4.74 Å². The van der Waals surface area contributed by atoms with E-state index in [0.29, 0.717) is 5.57 Å². The molecule has 0 bridgehead atoms. The highest BCUT2D eigenvalue weighted by Crippen LogP contribution is 2.24. The van der Waals surface area contributed by atoms with Gasteiger partial charge in [0.1, 0.15) is 6.61 Å². The Bertz CT molecular complexity index is 684. The Hall–Kier alpha value is -2.39. The number of hydrogen-bond acceptors (Lipinski definition) is 3. The number of benzene rings is 2. The summed E-state index contributed by atoms with van der Waals surface area (Å²) in [5.74, 6) is -0.426. The summed E-state index contributed by atoms with van der Waals surface area (Å²) >= 11 is 0. The van der Waals surface area contributed by atoms with E-state index < -0.39 is 5.97 Å². The van der Waals surface area contributed by atoms with Gasteiger partial charge in [-0.3, -0.25) is 0 Å². The lowest BCUT2D eigenvalue weighted by atomic mass is 9.99. The van der Waals surface area contributed by atoms with Gasteiger partial charge in [-0.05, 0) is 42.2 Å². The van der Waals surface area contributed by atoms with Gasteiger partial charge in [0.05, 0.1) is 6.61 Å². The maximum absolute atomic E-state index is 11.5. The summed E-state index contributed by atoms with van der Waals surface area (Å²) in [4.78, 5) is 11.5. The Morgan fingerprint density at radius 3 is 2.32 bits per heavy atom. The van der Waals surface area contributed by atoms with Crippen molar-refractivity contribution in [1.29, 1.82) is 0 Å². The van der Waals surface area contributed by atoms with Crippen LogP contribution in [0.5, 0.6) is 0 Å². The Morgan fingerprint density at radius 2 is 1.73 bits per heavy atom. The molecular formula is C19H20O3. The molecule has 0 spiro atoms. The average Bonchev–Trinajstić information content (AvgIpc) is 2.52. The lowest BCUT2D eigenvalue weighted by Gasteiger charge is -2.11. The first-order valence-electron chi connectivity index (χ1n) is 7.13. The second kappa shape index (κ2) is 7.05. The van der Waals surface area contributed by atoms with Gasteiger partial charge in [-0.2, -0.15) is 0 Å². The van der Waals surface area contributed by atoms with E-state index >= 15 is 0 Å². The van der Waals surface area contributed by atoms with E-state index in [-0.39, 0.29) is 13.2 Å². The van der Waals surface area contributed by atoms with Crippen LogP contribution in [0.2, 0.25) is 0 Å². The van der Waals surface area contributed by atoms with Crippen molar-refractivity contribution in [3.05, 3.63) is 71.3 Å². The van der Waals surface area contributed by atoms with Gasteiger partial charge in [-0.1, -0.05) is 48.5 Å². The molecule has 0 saturated carbocycles. The maximum Gasteiger partial charge on any atom is 0.333 e. The monoisotopic (exact) mass is 296 g/mol. The van der Waals surface area contributed by atoms with Crippen molar-refractivity contribution in [2.24, 2.45) is 0 Å². The topological polar surface area (TPSA) is 46.5 Å². The molecule has 0 amide bonds. The second-order valence-electron chi connectivity index (χ2n) is 5.36. The van der Waals surface area contributed by atoms with E-state index in [0.717, 1.165) is 22.3 Å². The van der Waals surface area contributed by atoms with Gasteiger partial charge in [-0.25, -0.2) is 4.79 Å². The van der Waals surface area contributed by atoms with Crippen LogP contribution in [-0.4, -0.2) is 11.1 Å². The summed E-state index contributed by atoms with van der Waals surface area (Å²) < 4.78 is 5.19. The van der Waals surface area contributed by atoms with Gasteiger partial charge >= 0.3 is 5.97 Å². The molecule has 0 radical (unpaired) electrons. The van der Waals surface area contributed by atoms with Gasteiger partial charge in [0.25, 0.3) is 0 Å². The zero-order valence-electron chi connectivity index (χ0n) is 12.9.